The van der Waals surface area contributed by atoms with Crippen LogP contribution in [0.25, 0.3) is 32.9 Å². The van der Waals surface area contributed by atoms with E-state index in [4.69, 9.17) is 9.97 Å². The van der Waals surface area contributed by atoms with Crippen LogP contribution in [-0.4, -0.2) is 34.9 Å². The van der Waals surface area contributed by atoms with Crippen LogP contribution in [-0.2, 0) is 0 Å². The van der Waals surface area contributed by atoms with Gasteiger partial charge >= 0.3 is 0 Å². The fraction of sp³-hybridized carbons (Fsp3) is 0.444. The van der Waals surface area contributed by atoms with Crippen LogP contribution >= 0.6 is 0 Å². The van der Waals surface area contributed by atoms with Gasteiger partial charge in [0.25, 0.3) is 11.8 Å². The molecule has 4 aromatic rings. The van der Waals surface area contributed by atoms with Crippen LogP contribution in [0.2, 0.25) is 0 Å². The summed E-state index contributed by atoms with van der Waals surface area (Å²) < 4.78 is 0. The molecule has 42 heavy (non-hydrogen) atoms. The molecule has 2 amide bonds. The number of benzene rings is 2. The largest absolute Gasteiger partial charge is 0.352 e. The number of pyridine rings is 2. The van der Waals surface area contributed by atoms with Crippen molar-refractivity contribution >= 4 is 33.6 Å². The van der Waals surface area contributed by atoms with Crippen LogP contribution in [0.5, 0.6) is 0 Å². The van der Waals surface area contributed by atoms with E-state index in [-0.39, 0.29) is 11.8 Å². The van der Waals surface area contributed by atoms with Crippen LogP contribution in [0, 0.1) is 0 Å². The van der Waals surface area contributed by atoms with E-state index in [2.05, 4.69) is 24.5 Å². The van der Waals surface area contributed by atoms with Crippen LogP contribution < -0.4 is 10.6 Å². The number of hydrogen-bond donors (Lipinski definition) is 2. The molecule has 0 atom stereocenters. The van der Waals surface area contributed by atoms with Crippen molar-refractivity contribution in [1.29, 1.82) is 0 Å². The van der Waals surface area contributed by atoms with Gasteiger partial charge in [-0.3, -0.25) is 19.6 Å². The molecule has 222 valence electrons. The number of carbonyl (C=O) groups is 2. The molecule has 0 aliphatic carbocycles. The molecule has 0 spiro atoms. The number of nitrogens with zero attached hydrogens (tertiary/aromatic N) is 2. The smallest absolute Gasteiger partial charge is 0.252 e. The lowest BCUT2D eigenvalue weighted by Crippen LogP contribution is -2.27. The fourth-order valence-electron chi connectivity index (χ4n) is 5.57. The second-order valence-electron chi connectivity index (χ2n) is 11.2. The van der Waals surface area contributed by atoms with Gasteiger partial charge < -0.3 is 10.6 Å². The van der Waals surface area contributed by atoms with Crippen molar-refractivity contribution < 1.29 is 9.59 Å². The Morgan fingerprint density at radius 2 is 0.929 bits per heavy atom. The summed E-state index contributed by atoms with van der Waals surface area (Å²) in [5, 5.41) is 7.84. The van der Waals surface area contributed by atoms with Gasteiger partial charge in [-0.15, -0.1) is 0 Å². The highest BCUT2D eigenvalue weighted by Gasteiger charge is 2.23. The Balaban J connectivity index is 1.64. The number of unbranched alkanes of at least 4 members (excludes halogenated alkanes) is 10. The fourth-order valence-corrected chi connectivity index (χ4v) is 5.57. The monoisotopic (exact) mass is 566 g/mol. The third-order valence-electron chi connectivity index (χ3n) is 7.93. The molecule has 0 aliphatic heterocycles. The Hall–Kier alpha value is -3.80. The quantitative estimate of drug-likeness (QED) is 0.125. The van der Waals surface area contributed by atoms with E-state index >= 15 is 0 Å². The molecule has 6 nitrogen and oxygen atoms in total. The number of fused-ring (bicyclic) bond motifs is 2. The van der Waals surface area contributed by atoms with Gasteiger partial charge in [-0.25, -0.2) is 0 Å². The third kappa shape index (κ3) is 8.15. The molecule has 6 heteroatoms. The first-order valence-corrected chi connectivity index (χ1v) is 16.0. The normalized spacial score (nSPS) is 11.2. The second-order valence-corrected chi connectivity index (χ2v) is 11.2. The summed E-state index contributed by atoms with van der Waals surface area (Å²) in [7, 11) is 0. The van der Waals surface area contributed by atoms with E-state index in [1.165, 1.54) is 51.4 Å². The minimum atomic E-state index is -0.149. The molecule has 0 unspecified atom stereocenters. The number of hydrogen-bond acceptors (Lipinski definition) is 4. The Labute approximate surface area is 250 Å². The summed E-state index contributed by atoms with van der Waals surface area (Å²) in [5.74, 6) is -0.299. The SMILES string of the molecule is CCCCCCCCNC(=O)c1c(-c2cnc3ccccc3c2C(=O)NCCCCCCCC)cnc2ccccc12. The van der Waals surface area contributed by atoms with E-state index < -0.39 is 0 Å². The van der Waals surface area contributed by atoms with Gasteiger partial charge in [0.15, 0.2) is 0 Å². The second kappa shape index (κ2) is 16.6. The first kappa shape index (κ1) is 31.1. The maximum absolute atomic E-state index is 13.8. The van der Waals surface area contributed by atoms with Crippen LogP contribution in [0.3, 0.4) is 0 Å². The van der Waals surface area contributed by atoms with Crippen molar-refractivity contribution in [2.45, 2.75) is 90.9 Å². The summed E-state index contributed by atoms with van der Waals surface area (Å²) in [4.78, 5) is 37.0. The van der Waals surface area contributed by atoms with Crippen molar-refractivity contribution in [3.05, 3.63) is 72.1 Å². The number of aromatic nitrogens is 2. The maximum atomic E-state index is 13.8. The highest BCUT2D eigenvalue weighted by atomic mass is 16.2. The predicted octanol–water partition coefficient (Wildman–Crippen LogP) is 8.63. The van der Waals surface area contributed by atoms with Gasteiger partial charge in [0.05, 0.1) is 22.2 Å². The van der Waals surface area contributed by atoms with Crippen LogP contribution in [0.1, 0.15) is 112 Å². The average molecular weight is 567 g/mol. The zero-order valence-electron chi connectivity index (χ0n) is 25.4. The number of nitrogens with one attached hydrogen (secondary N) is 2. The molecule has 0 aliphatic rings. The summed E-state index contributed by atoms with van der Waals surface area (Å²) in [5.41, 5.74) is 3.80. The maximum Gasteiger partial charge on any atom is 0.252 e. The molecule has 2 heterocycles. The number of rotatable bonds is 17. The molecule has 4 rings (SSSR count). The van der Waals surface area contributed by atoms with E-state index in [1.807, 2.05) is 48.5 Å². The van der Waals surface area contributed by atoms with Gasteiger partial charge in [0.2, 0.25) is 0 Å². The Kier molecular flexibility index (Phi) is 12.3. The van der Waals surface area contributed by atoms with Gasteiger partial charge in [-0.2, -0.15) is 0 Å². The molecule has 0 bridgehead atoms. The van der Waals surface area contributed by atoms with E-state index in [9.17, 15) is 9.59 Å². The lowest BCUT2D eigenvalue weighted by molar-refractivity contribution is 0.0945. The Morgan fingerprint density at radius 3 is 1.36 bits per heavy atom. The molecule has 0 fully saturated rings. The van der Waals surface area contributed by atoms with E-state index in [1.54, 1.807) is 12.4 Å². The number of amides is 2. The summed E-state index contributed by atoms with van der Waals surface area (Å²) in [6.07, 6.45) is 17.3. The van der Waals surface area contributed by atoms with Crippen molar-refractivity contribution in [3.63, 3.8) is 0 Å². The third-order valence-corrected chi connectivity index (χ3v) is 7.93. The molecule has 2 N–H and O–H groups in total. The molecule has 0 radical (unpaired) electrons. The summed E-state index contributed by atoms with van der Waals surface area (Å²) in [6.45, 7) is 5.66. The van der Waals surface area contributed by atoms with E-state index in [0.29, 0.717) is 35.3 Å². The van der Waals surface area contributed by atoms with Crippen LogP contribution in [0.15, 0.2) is 60.9 Å². The minimum Gasteiger partial charge on any atom is -0.352 e. The standard InChI is InChI=1S/C36H46N4O2/c1-3-5-7-9-11-17-23-37-35(41)33-27-19-13-15-21-31(27)39-25-29(33)30-26-40-32-22-16-14-20-28(32)34(30)36(42)38-24-18-12-10-8-6-4-2/h13-16,19-22,25-26H,3-12,17-18,23-24H2,1-2H3,(H,37,41)(H,38,42). The van der Waals surface area contributed by atoms with Crippen molar-refractivity contribution in [2.24, 2.45) is 0 Å². The van der Waals surface area contributed by atoms with Crippen LogP contribution in [0.4, 0.5) is 0 Å². The average Bonchev–Trinajstić information content (AvgIpc) is 3.02. The Morgan fingerprint density at radius 1 is 0.548 bits per heavy atom. The highest BCUT2D eigenvalue weighted by molar-refractivity contribution is 6.16. The zero-order chi connectivity index (χ0) is 29.6. The molecule has 2 aromatic heterocycles. The van der Waals surface area contributed by atoms with Crippen molar-refractivity contribution in [1.82, 2.24) is 20.6 Å². The van der Waals surface area contributed by atoms with E-state index in [0.717, 1.165) is 47.5 Å². The van der Waals surface area contributed by atoms with Crippen molar-refractivity contribution in [2.75, 3.05) is 13.1 Å². The first-order chi connectivity index (χ1) is 20.7. The van der Waals surface area contributed by atoms with Crippen molar-refractivity contribution in [3.8, 4) is 11.1 Å². The molecule has 0 saturated carbocycles. The molecular formula is C36H46N4O2. The lowest BCUT2D eigenvalue weighted by atomic mass is 9.92. The predicted molar refractivity (Wildman–Crippen MR) is 174 cm³/mol. The van der Waals surface area contributed by atoms with Gasteiger partial charge in [-0.05, 0) is 25.0 Å². The lowest BCUT2D eigenvalue weighted by Gasteiger charge is -2.17. The first-order valence-electron chi connectivity index (χ1n) is 16.0. The summed E-state index contributed by atoms with van der Waals surface area (Å²) >= 11 is 0. The molecule has 0 saturated heterocycles. The Bertz CT molecular complexity index is 1350. The topological polar surface area (TPSA) is 84.0 Å². The zero-order valence-corrected chi connectivity index (χ0v) is 25.4. The minimum absolute atomic E-state index is 0.149. The summed E-state index contributed by atoms with van der Waals surface area (Å²) in [6, 6.07) is 15.4. The van der Waals surface area contributed by atoms with Gasteiger partial charge in [-0.1, -0.05) is 114 Å². The number of carbonyl (C=O) groups excluding carboxylic acids is 2. The van der Waals surface area contributed by atoms with Gasteiger partial charge in [0.1, 0.15) is 0 Å². The highest BCUT2D eigenvalue weighted by Crippen LogP contribution is 2.34. The number of para-hydroxylation sites is 2. The molecule has 2 aromatic carbocycles. The molecular weight excluding hydrogens is 520 g/mol. The van der Waals surface area contributed by atoms with Gasteiger partial charge in [0, 0.05) is 47.4 Å².